The van der Waals surface area contributed by atoms with Crippen LogP contribution in [0, 0.1) is 13.8 Å². The van der Waals surface area contributed by atoms with E-state index in [0.717, 1.165) is 23.5 Å². The van der Waals surface area contributed by atoms with E-state index >= 15 is 0 Å². The molecule has 0 aliphatic heterocycles. The molecule has 0 aliphatic rings. The Labute approximate surface area is 119 Å². The number of nitrogens with zero attached hydrogens (tertiary/aromatic N) is 2. The van der Waals surface area contributed by atoms with Crippen molar-refractivity contribution in [3.05, 3.63) is 47.4 Å². The van der Waals surface area contributed by atoms with Gasteiger partial charge in [0.25, 0.3) is 0 Å². The van der Waals surface area contributed by atoms with Crippen LogP contribution >= 0.6 is 0 Å². The Morgan fingerprint density at radius 1 is 1.19 bits per heavy atom. The molecule has 0 fully saturated rings. The molecule has 0 spiro atoms. The molecule has 2 aromatic rings. The molecule has 2 heterocycles. The molecule has 2 rings (SSSR count). The van der Waals surface area contributed by atoms with Crippen LogP contribution in [0.2, 0.25) is 0 Å². The molecule has 0 radical (unpaired) electrons. The first-order valence-corrected chi connectivity index (χ1v) is 6.23. The van der Waals surface area contributed by atoms with Gasteiger partial charge in [0.1, 0.15) is 12.4 Å². The molecule has 7 heteroatoms. The number of carbonyl (C=O) groups is 1. The van der Waals surface area contributed by atoms with Crippen molar-refractivity contribution in [1.29, 1.82) is 0 Å². The summed E-state index contributed by atoms with van der Waals surface area (Å²) in [6.07, 6.45) is -3.74. The van der Waals surface area contributed by atoms with E-state index in [4.69, 9.17) is 0 Å². The molecule has 2 aromatic heterocycles. The zero-order chi connectivity index (χ0) is 15.6. The average Bonchev–Trinajstić information content (AvgIpc) is 2.70. The lowest BCUT2D eigenvalue weighted by atomic mass is 10.3. The van der Waals surface area contributed by atoms with Gasteiger partial charge in [0.15, 0.2) is 0 Å². The van der Waals surface area contributed by atoms with Crippen LogP contribution in [0.25, 0.3) is 0 Å². The third-order valence-corrected chi connectivity index (χ3v) is 3.08. The van der Waals surface area contributed by atoms with Gasteiger partial charge in [0.2, 0.25) is 5.91 Å². The maximum atomic E-state index is 12.4. The van der Waals surface area contributed by atoms with Crippen LogP contribution in [0.4, 0.5) is 19.0 Å². The smallest absolute Gasteiger partial charge is 0.340 e. The number of nitrogens with one attached hydrogen (secondary N) is 1. The number of aryl methyl sites for hydroxylation is 2. The first kappa shape index (κ1) is 15.1. The van der Waals surface area contributed by atoms with Crippen molar-refractivity contribution in [2.24, 2.45) is 0 Å². The maximum Gasteiger partial charge on any atom is 0.417 e. The Bertz CT molecular complexity index is 625. The van der Waals surface area contributed by atoms with Crippen LogP contribution in [0.3, 0.4) is 0 Å². The van der Waals surface area contributed by atoms with E-state index in [9.17, 15) is 18.0 Å². The van der Waals surface area contributed by atoms with Gasteiger partial charge < -0.3 is 9.88 Å². The largest absolute Gasteiger partial charge is 0.417 e. The molecular weight excluding hydrogens is 283 g/mol. The zero-order valence-electron chi connectivity index (χ0n) is 11.5. The molecule has 0 saturated carbocycles. The summed E-state index contributed by atoms with van der Waals surface area (Å²) in [5, 5.41) is 2.48. The normalized spacial score (nSPS) is 11.5. The van der Waals surface area contributed by atoms with Crippen molar-refractivity contribution in [3.63, 3.8) is 0 Å². The molecule has 0 saturated heterocycles. The van der Waals surface area contributed by atoms with Crippen molar-refractivity contribution in [2.45, 2.75) is 26.6 Å². The van der Waals surface area contributed by atoms with Crippen LogP contribution in [0.1, 0.15) is 17.0 Å². The number of hydrogen-bond donors (Lipinski definition) is 1. The number of rotatable bonds is 3. The van der Waals surface area contributed by atoms with Gasteiger partial charge >= 0.3 is 6.18 Å². The van der Waals surface area contributed by atoms with Gasteiger partial charge in [-0.15, -0.1) is 0 Å². The number of pyridine rings is 1. The second-order valence-corrected chi connectivity index (χ2v) is 4.68. The van der Waals surface area contributed by atoms with Crippen molar-refractivity contribution in [3.8, 4) is 0 Å². The standard InChI is InChI=1S/C14H14F3N3O/c1-9-3-4-10(2)20(9)8-13(21)19-12-6-5-11(7-18-12)14(15,16)17/h3-7H,8H2,1-2H3,(H,18,19,21). The number of amides is 1. The van der Waals surface area contributed by atoms with Gasteiger partial charge in [-0.25, -0.2) is 4.98 Å². The second kappa shape index (κ2) is 5.59. The maximum absolute atomic E-state index is 12.4. The molecule has 21 heavy (non-hydrogen) atoms. The molecule has 4 nitrogen and oxygen atoms in total. The van der Waals surface area contributed by atoms with Crippen LogP contribution in [0.5, 0.6) is 0 Å². The highest BCUT2D eigenvalue weighted by atomic mass is 19.4. The number of hydrogen-bond acceptors (Lipinski definition) is 2. The highest BCUT2D eigenvalue weighted by Gasteiger charge is 2.30. The van der Waals surface area contributed by atoms with Crippen molar-refractivity contribution >= 4 is 11.7 Å². The lowest BCUT2D eigenvalue weighted by Gasteiger charge is -2.10. The Hall–Kier alpha value is -2.31. The van der Waals surface area contributed by atoms with Gasteiger partial charge in [-0.3, -0.25) is 4.79 Å². The number of alkyl halides is 3. The Morgan fingerprint density at radius 2 is 1.81 bits per heavy atom. The van der Waals surface area contributed by atoms with Crippen molar-refractivity contribution in [1.82, 2.24) is 9.55 Å². The monoisotopic (exact) mass is 297 g/mol. The van der Waals surface area contributed by atoms with E-state index in [0.29, 0.717) is 6.20 Å². The summed E-state index contributed by atoms with van der Waals surface area (Å²) in [7, 11) is 0. The first-order chi connectivity index (χ1) is 9.77. The minimum Gasteiger partial charge on any atom is -0.340 e. The second-order valence-electron chi connectivity index (χ2n) is 4.68. The fraction of sp³-hybridized carbons (Fsp3) is 0.286. The van der Waals surface area contributed by atoms with E-state index in [-0.39, 0.29) is 18.3 Å². The van der Waals surface area contributed by atoms with Crippen molar-refractivity contribution in [2.75, 3.05) is 5.32 Å². The summed E-state index contributed by atoms with van der Waals surface area (Å²) >= 11 is 0. The van der Waals surface area contributed by atoms with E-state index < -0.39 is 11.7 Å². The van der Waals surface area contributed by atoms with E-state index in [2.05, 4.69) is 10.3 Å². The Kier molecular flexibility index (Phi) is 4.02. The Balaban J connectivity index is 2.03. The van der Waals surface area contributed by atoms with Crippen LogP contribution in [-0.2, 0) is 17.5 Å². The van der Waals surface area contributed by atoms with E-state index in [1.165, 1.54) is 0 Å². The summed E-state index contributed by atoms with van der Waals surface area (Å²) in [6, 6.07) is 5.79. The molecular formula is C14H14F3N3O. The summed E-state index contributed by atoms with van der Waals surface area (Å²) in [4.78, 5) is 15.5. The third kappa shape index (κ3) is 3.62. The third-order valence-electron chi connectivity index (χ3n) is 3.08. The average molecular weight is 297 g/mol. The summed E-state index contributed by atoms with van der Waals surface area (Å²) in [6.45, 7) is 3.83. The minimum absolute atomic E-state index is 0.0906. The molecule has 0 bridgehead atoms. The highest BCUT2D eigenvalue weighted by Crippen LogP contribution is 2.28. The predicted molar refractivity (Wildman–Crippen MR) is 71.8 cm³/mol. The molecule has 0 unspecified atom stereocenters. The Morgan fingerprint density at radius 3 is 2.29 bits per heavy atom. The molecule has 0 aliphatic carbocycles. The fourth-order valence-electron chi connectivity index (χ4n) is 1.91. The van der Waals surface area contributed by atoms with Gasteiger partial charge in [-0.1, -0.05) is 0 Å². The lowest BCUT2D eigenvalue weighted by Crippen LogP contribution is -2.20. The highest BCUT2D eigenvalue weighted by molar-refractivity contribution is 5.89. The minimum atomic E-state index is -4.44. The van der Waals surface area contributed by atoms with E-state index in [1.54, 1.807) is 4.57 Å². The molecule has 1 N–H and O–H groups in total. The molecule has 1 amide bonds. The number of aromatic nitrogens is 2. The fourth-order valence-corrected chi connectivity index (χ4v) is 1.91. The number of anilines is 1. The molecule has 112 valence electrons. The first-order valence-electron chi connectivity index (χ1n) is 6.23. The lowest BCUT2D eigenvalue weighted by molar-refractivity contribution is -0.137. The van der Waals surface area contributed by atoms with Crippen LogP contribution < -0.4 is 5.32 Å². The van der Waals surface area contributed by atoms with Crippen molar-refractivity contribution < 1.29 is 18.0 Å². The quantitative estimate of drug-likeness (QED) is 0.946. The van der Waals surface area contributed by atoms with Gasteiger partial charge in [0, 0.05) is 17.6 Å². The number of halogens is 3. The predicted octanol–water partition coefficient (Wildman–Crippen LogP) is 3.16. The topological polar surface area (TPSA) is 46.9 Å². The van der Waals surface area contributed by atoms with Gasteiger partial charge in [0.05, 0.1) is 5.56 Å². The van der Waals surface area contributed by atoms with Gasteiger partial charge in [-0.05, 0) is 38.1 Å². The van der Waals surface area contributed by atoms with Crippen LogP contribution in [0.15, 0.2) is 30.5 Å². The molecule has 0 aromatic carbocycles. The van der Waals surface area contributed by atoms with Crippen LogP contribution in [-0.4, -0.2) is 15.5 Å². The summed E-state index contributed by atoms with van der Waals surface area (Å²) < 4.78 is 39.0. The number of carbonyl (C=O) groups excluding carboxylic acids is 1. The molecule has 0 atom stereocenters. The zero-order valence-corrected chi connectivity index (χ0v) is 11.5. The van der Waals surface area contributed by atoms with E-state index in [1.807, 2.05) is 26.0 Å². The van der Waals surface area contributed by atoms with Gasteiger partial charge in [-0.2, -0.15) is 13.2 Å². The SMILES string of the molecule is Cc1ccc(C)n1CC(=O)Nc1ccc(C(F)(F)F)cn1. The summed E-state index contributed by atoms with van der Waals surface area (Å²) in [5.74, 6) is -0.250. The summed E-state index contributed by atoms with van der Waals surface area (Å²) in [5.41, 5.74) is 1.02.